The number of rotatable bonds is 4. The lowest BCUT2D eigenvalue weighted by Crippen LogP contribution is -2.45. The fourth-order valence-electron chi connectivity index (χ4n) is 5.15. The van der Waals surface area contributed by atoms with Gasteiger partial charge in [0.2, 0.25) is 0 Å². The maximum atomic E-state index is 10.7. The van der Waals surface area contributed by atoms with Crippen LogP contribution >= 0.6 is 0 Å². The largest absolute Gasteiger partial charge is 0.393 e. The monoisotopic (exact) mass is 272 g/mol. The number of hydrogen-bond donors (Lipinski definition) is 1. The van der Waals surface area contributed by atoms with Gasteiger partial charge in [0.05, 0.1) is 6.10 Å². The summed E-state index contributed by atoms with van der Waals surface area (Å²) in [7, 11) is 0. The Morgan fingerprint density at radius 2 is 1.95 bits per heavy atom. The van der Waals surface area contributed by atoms with Crippen molar-refractivity contribution in [1.29, 1.82) is 0 Å². The van der Waals surface area contributed by atoms with Crippen molar-refractivity contribution in [2.24, 2.45) is 23.2 Å². The number of aliphatic hydroxyl groups excluding tert-OH is 1. The van der Waals surface area contributed by atoms with Gasteiger partial charge in [-0.1, -0.05) is 57.0 Å². The molecule has 0 heterocycles. The molecule has 1 aromatic carbocycles. The molecule has 5 unspecified atom stereocenters. The van der Waals surface area contributed by atoms with Crippen molar-refractivity contribution in [3.63, 3.8) is 0 Å². The summed E-state index contributed by atoms with van der Waals surface area (Å²) in [6.45, 7) is 4.61. The predicted molar refractivity (Wildman–Crippen MR) is 83.5 cm³/mol. The SMILES string of the molecule is CCC1CC2(CC)CCC(C1O)C2Cc1ccccc1. The molecule has 20 heavy (non-hydrogen) atoms. The molecule has 2 fully saturated rings. The summed E-state index contributed by atoms with van der Waals surface area (Å²) in [5, 5.41) is 10.7. The summed E-state index contributed by atoms with van der Waals surface area (Å²) >= 11 is 0. The normalized spacial score (nSPS) is 40.0. The van der Waals surface area contributed by atoms with Gasteiger partial charge in [0.1, 0.15) is 0 Å². The molecule has 0 saturated heterocycles. The Balaban J connectivity index is 1.86. The van der Waals surface area contributed by atoms with E-state index in [1.807, 2.05) is 0 Å². The average molecular weight is 272 g/mol. The van der Waals surface area contributed by atoms with Crippen molar-refractivity contribution in [3.8, 4) is 0 Å². The van der Waals surface area contributed by atoms with E-state index < -0.39 is 0 Å². The molecule has 1 nitrogen and oxygen atoms in total. The summed E-state index contributed by atoms with van der Waals surface area (Å²) in [6.07, 6.45) is 7.34. The molecule has 2 aliphatic rings. The van der Waals surface area contributed by atoms with E-state index in [2.05, 4.69) is 44.2 Å². The van der Waals surface area contributed by atoms with Crippen LogP contribution in [0.1, 0.15) is 51.5 Å². The summed E-state index contributed by atoms with van der Waals surface area (Å²) in [5.41, 5.74) is 1.95. The number of benzene rings is 1. The van der Waals surface area contributed by atoms with E-state index in [0.717, 1.165) is 12.8 Å². The van der Waals surface area contributed by atoms with Crippen LogP contribution in [0.4, 0.5) is 0 Å². The molecule has 5 atom stereocenters. The van der Waals surface area contributed by atoms with Crippen LogP contribution in [0, 0.1) is 23.2 Å². The van der Waals surface area contributed by atoms with E-state index >= 15 is 0 Å². The zero-order chi connectivity index (χ0) is 14.2. The number of fused-ring (bicyclic) bond motifs is 2. The first-order valence-electron chi connectivity index (χ1n) is 8.42. The second-order valence-electron chi connectivity index (χ2n) is 7.08. The Hall–Kier alpha value is -0.820. The Morgan fingerprint density at radius 1 is 1.20 bits per heavy atom. The molecule has 1 N–H and O–H groups in total. The predicted octanol–water partition coefficient (Wildman–Crippen LogP) is 4.44. The molecule has 0 amide bonds. The van der Waals surface area contributed by atoms with Crippen LogP contribution in [-0.2, 0) is 6.42 Å². The van der Waals surface area contributed by atoms with Gasteiger partial charge in [-0.15, -0.1) is 0 Å². The third-order valence-corrected chi connectivity index (χ3v) is 6.40. The Bertz CT molecular complexity index is 440. The van der Waals surface area contributed by atoms with E-state index in [1.54, 1.807) is 0 Å². The Morgan fingerprint density at radius 3 is 2.60 bits per heavy atom. The van der Waals surface area contributed by atoms with Crippen LogP contribution in [0.5, 0.6) is 0 Å². The van der Waals surface area contributed by atoms with Crippen molar-refractivity contribution in [2.75, 3.05) is 0 Å². The van der Waals surface area contributed by atoms with Crippen molar-refractivity contribution in [2.45, 2.75) is 58.5 Å². The molecule has 3 rings (SSSR count). The first-order valence-corrected chi connectivity index (χ1v) is 8.42. The zero-order valence-corrected chi connectivity index (χ0v) is 12.9. The van der Waals surface area contributed by atoms with E-state index in [1.165, 1.54) is 31.2 Å². The lowest BCUT2D eigenvalue weighted by atomic mass is 9.59. The highest BCUT2D eigenvalue weighted by Gasteiger charge is 2.55. The van der Waals surface area contributed by atoms with Gasteiger partial charge >= 0.3 is 0 Å². The third kappa shape index (κ3) is 2.20. The fraction of sp³-hybridized carbons (Fsp3) is 0.684. The summed E-state index contributed by atoms with van der Waals surface area (Å²) in [5.74, 6) is 1.76. The van der Waals surface area contributed by atoms with E-state index in [9.17, 15) is 5.11 Å². The summed E-state index contributed by atoms with van der Waals surface area (Å²) < 4.78 is 0. The fourth-order valence-corrected chi connectivity index (χ4v) is 5.15. The van der Waals surface area contributed by atoms with Gasteiger partial charge in [0.25, 0.3) is 0 Å². The quantitative estimate of drug-likeness (QED) is 0.859. The topological polar surface area (TPSA) is 20.2 Å². The molecular weight excluding hydrogens is 244 g/mol. The molecule has 0 spiro atoms. The van der Waals surface area contributed by atoms with Gasteiger partial charge in [0.15, 0.2) is 0 Å². The van der Waals surface area contributed by atoms with Gasteiger partial charge in [-0.25, -0.2) is 0 Å². The molecule has 2 saturated carbocycles. The Labute approximate surface area is 123 Å². The molecular formula is C19H28O. The maximum Gasteiger partial charge on any atom is 0.0599 e. The first kappa shape index (κ1) is 14.1. The lowest BCUT2D eigenvalue weighted by molar-refractivity contribution is -0.0509. The first-order chi connectivity index (χ1) is 9.70. The van der Waals surface area contributed by atoms with E-state index in [0.29, 0.717) is 23.2 Å². The number of hydrogen-bond acceptors (Lipinski definition) is 1. The highest BCUT2D eigenvalue weighted by Crippen LogP contribution is 2.60. The standard InChI is InChI=1S/C19H28O/c1-3-15-13-19(4-2)11-10-16(18(15)20)17(19)12-14-8-6-5-7-9-14/h5-9,15-18,20H,3-4,10-13H2,1-2H3. The highest BCUT2D eigenvalue weighted by atomic mass is 16.3. The lowest BCUT2D eigenvalue weighted by Gasteiger charge is -2.47. The van der Waals surface area contributed by atoms with Gasteiger partial charge < -0.3 is 5.11 Å². The number of aliphatic hydroxyl groups is 1. The van der Waals surface area contributed by atoms with E-state index in [4.69, 9.17) is 0 Å². The average Bonchev–Trinajstić information content (AvgIpc) is 2.76. The Kier molecular flexibility index (Phi) is 3.90. The van der Waals surface area contributed by atoms with Gasteiger partial charge in [-0.2, -0.15) is 0 Å². The zero-order valence-electron chi connectivity index (χ0n) is 12.9. The molecule has 2 bridgehead atoms. The summed E-state index contributed by atoms with van der Waals surface area (Å²) in [6, 6.07) is 10.9. The van der Waals surface area contributed by atoms with Crippen molar-refractivity contribution in [3.05, 3.63) is 35.9 Å². The van der Waals surface area contributed by atoms with Crippen LogP contribution in [-0.4, -0.2) is 11.2 Å². The smallest absolute Gasteiger partial charge is 0.0599 e. The van der Waals surface area contributed by atoms with Crippen LogP contribution in [0.15, 0.2) is 30.3 Å². The minimum atomic E-state index is -0.0594. The molecule has 1 heteroatoms. The van der Waals surface area contributed by atoms with Crippen molar-refractivity contribution in [1.82, 2.24) is 0 Å². The van der Waals surface area contributed by atoms with Gasteiger partial charge in [-0.05, 0) is 54.4 Å². The van der Waals surface area contributed by atoms with Crippen molar-refractivity contribution < 1.29 is 5.11 Å². The van der Waals surface area contributed by atoms with Crippen molar-refractivity contribution >= 4 is 0 Å². The maximum absolute atomic E-state index is 10.7. The minimum Gasteiger partial charge on any atom is -0.393 e. The van der Waals surface area contributed by atoms with Crippen LogP contribution in [0.3, 0.4) is 0 Å². The van der Waals surface area contributed by atoms with Crippen LogP contribution in [0.25, 0.3) is 0 Å². The molecule has 0 aliphatic heterocycles. The van der Waals surface area contributed by atoms with Gasteiger partial charge in [-0.3, -0.25) is 0 Å². The molecule has 110 valence electrons. The second-order valence-corrected chi connectivity index (χ2v) is 7.08. The highest BCUT2D eigenvalue weighted by molar-refractivity contribution is 5.18. The summed E-state index contributed by atoms with van der Waals surface area (Å²) in [4.78, 5) is 0. The van der Waals surface area contributed by atoms with Gasteiger partial charge in [0, 0.05) is 0 Å². The second kappa shape index (κ2) is 5.52. The molecule has 2 aliphatic carbocycles. The minimum absolute atomic E-state index is 0.0594. The van der Waals surface area contributed by atoms with E-state index in [-0.39, 0.29) is 6.10 Å². The van der Waals surface area contributed by atoms with Crippen LogP contribution < -0.4 is 0 Å². The third-order valence-electron chi connectivity index (χ3n) is 6.40. The molecule has 0 aromatic heterocycles. The molecule has 1 aromatic rings. The van der Waals surface area contributed by atoms with Crippen LogP contribution in [0.2, 0.25) is 0 Å². The molecule has 0 radical (unpaired) electrons.